The molecule has 0 saturated carbocycles. The number of anilines is 1. The third-order valence-corrected chi connectivity index (χ3v) is 2.91. The summed E-state index contributed by atoms with van der Waals surface area (Å²) in [5.41, 5.74) is 0.856. The van der Waals surface area contributed by atoms with E-state index >= 15 is 0 Å². The molecule has 0 amide bonds. The fourth-order valence-corrected chi connectivity index (χ4v) is 1.86. The molecule has 0 atom stereocenters. The van der Waals surface area contributed by atoms with E-state index < -0.39 is 0 Å². The molecule has 0 aliphatic heterocycles. The second-order valence-corrected chi connectivity index (χ2v) is 4.23. The quantitative estimate of drug-likeness (QED) is 0.786. The van der Waals surface area contributed by atoms with Crippen LogP contribution in [0.2, 0.25) is 0 Å². The third-order valence-electron chi connectivity index (χ3n) is 2.91. The van der Waals surface area contributed by atoms with E-state index in [-0.39, 0.29) is 0 Å². The summed E-state index contributed by atoms with van der Waals surface area (Å²) in [6.07, 6.45) is 5.10. The van der Waals surface area contributed by atoms with Crippen LogP contribution in [0.25, 0.3) is 17.3 Å². The van der Waals surface area contributed by atoms with Crippen molar-refractivity contribution in [2.24, 2.45) is 0 Å². The van der Waals surface area contributed by atoms with Crippen molar-refractivity contribution in [2.45, 2.75) is 0 Å². The number of nitrogens with one attached hydrogen (secondary N) is 1. The Morgan fingerprint density at radius 1 is 1.19 bits per heavy atom. The maximum absolute atomic E-state index is 5.23. The van der Waals surface area contributed by atoms with Gasteiger partial charge in [-0.05, 0) is 12.1 Å². The molecule has 0 saturated heterocycles. The number of methoxy groups -OCH3 is 1. The first-order valence-corrected chi connectivity index (χ1v) is 6.37. The second kappa shape index (κ2) is 5.58. The van der Waals surface area contributed by atoms with Gasteiger partial charge in [0.25, 0.3) is 0 Å². The van der Waals surface area contributed by atoms with Gasteiger partial charge in [-0.1, -0.05) is 12.1 Å². The van der Waals surface area contributed by atoms with Crippen LogP contribution in [-0.2, 0) is 0 Å². The smallest absolute Gasteiger partial charge is 0.240 e. The topological polar surface area (TPSA) is 77.8 Å². The fraction of sp³-hybridized carbons (Fsp3) is 0.143. The monoisotopic (exact) mass is 282 g/mol. The van der Waals surface area contributed by atoms with Gasteiger partial charge in [0.15, 0.2) is 5.82 Å². The third kappa shape index (κ3) is 2.66. The van der Waals surface area contributed by atoms with Gasteiger partial charge in [-0.2, -0.15) is 15.0 Å². The Hall–Kier alpha value is -2.96. The van der Waals surface area contributed by atoms with Crippen LogP contribution < -0.4 is 10.1 Å². The van der Waals surface area contributed by atoms with Gasteiger partial charge in [0.1, 0.15) is 12.1 Å². The minimum Gasteiger partial charge on any atom is -0.497 e. The van der Waals surface area contributed by atoms with Gasteiger partial charge in [0, 0.05) is 25.0 Å². The first-order valence-electron chi connectivity index (χ1n) is 6.37. The van der Waals surface area contributed by atoms with E-state index in [1.807, 2.05) is 24.3 Å². The van der Waals surface area contributed by atoms with E-state index in [2.05, 4.69) is 25.3 Å². The largest absolute Gasteiger partial charge is 0.497 e. The van der Waals surface area contributed by atoms with E-state index in [9.17, 15) is 0 Å². The van der Waals surface area contributed by atoms with E-state index in [1.165, 1.54) is 0 Å². The Balaban J connectivity index is 2.11. The summed E-state index contributed by atoms with van der Waals surface area (Å²) in [6.45, 7) is 0. The lowest BCUT2D eigenvalue weighted by Crippen LogP contribution is -2.06. The Labute approximate surface area is 121 Å². The van der Waals surface area contributed by atoms with Crippen molar-refractivity contribution in [3.8, 4) is 23.1 Å². The van der Waals surface area contributed by atoms with Gasteiger partial charge in [-0.15, -0.1) is 0 Å². The molecule has 1 N–H and O–H groups in total. The highest BCUT2D eigenvalue weighted by Crippen LogP contribution is 2.22. The van der Waals surface area contributed by atoms with Gasteiger partial charge in [0.05, 0.1) is 7.11 Å². The van der Waals surface area contributed by atoms with E-state index in [0.717, 1.165) is 11.3 Å². The second-order valence-electron chi connectivity index (χ2n) is 4.23. The van der Waals surface area contributed by atoms with Gasteiger partial charge in [0.2, 0.25) is 11.9 Å². The molecular weight excluding hydrogens is 268 g/mol. The summed E-state index contributed by atoms with van der Waals surface area (Å²) in [4.78, 5) is 17.2. The molecule has 0 radical (unpaired) electrons. The summed E-state index contributed by atoms with van der Waals surface area (Å²) >= 11 is 0. The highest BCUT2D eigenvalue weighted by atomic mass is 16.5. The SMILES string of the molecule is CNc1nc(-c2cccc(OC)c2)nc(-n2ccnc2)n1. The van der Waals surface area contributed by atoms with Gasteiger partial charge >= 0.3 is 0 Å². The summed E-state index contributed by atoms with van der Waals surface area (Å²) in [5.74, 6) is 2.32. The van der Waals surface area contributed by atoms with Gasteiger partial charge in [-0.3, -0.25) is 4.57 Å². The highest BCUT2D eigenvalue weighted by Gasteiger charge is 2.09. The number of imidazole rings is 1. The van der Waals surface area contributed by atoms with Crippen LogP contribution in [0, 0.1) is 0 Å². The van der Waals surface area contributed by atoms with Crippen LogP contribution in [0.5, 0.6) is 5.75 Å². The predicted octanol–water partition coefficient (Wildman–Crippen LogP) is 1.77. The van der Waals surface area contributed by atoms with Gasteiger partial charge in [-0.25, -0.2) is 4.98 Å². The molecule has 0 aliphatic rings. The molecule has 0 unspecified atom stereocenters. The van der Waals surface area contributed by atoms with Crippen molar-refractivity contribution < 1.29 is 4.74 Å². The fourth-order valence-electron chi connectivity index (χ4n) is 1.86. The molecule has 21 heavy (non-hydrogen) atoms. The number of aromatic nitrogens is 5. The van der Waals surface area contributed by atoms with E-state index in [1.54, 1.807) is 37.4 Å². The molecule has 3 rings (SSSR count). The first kappa shape index (κ1) is 13.0. The van der Waals surface area contributed by atoms with Crippen molar-refractivity contribution in [1.82, 2.24) is 24.5 Å². The molecule has 2 heterocycles. The van der Waals surface area contributed by atoms with Gasteiger partial charge < -0.3 is 10.1 Å². The maximum atomic E-state index is 5.23. The van der Waals surface area contributed by atoms with Crippen LogP contribution in [0.15, 0.2) is 43.0 Å². The van der Waals surface area contributed by atoms with Crippen molar-refractivity contribution in [1.29, 1.82) is 0 Å². The van der Waals surface area contributed by atoms with E-state index in [0.29, 0.717) is 17.7 Å². The summed E-state index contributed by atoms with van der Waals surface area (Å²) in [7, 11) is 3.39. The Morgan fingerprint density at radius 3 is 2.81 bits per heavy atom. The van der Waals surface area contributed by atoms with Crippen molar-refractivity contribution in [3.05, 3.63) is 43.0 Å². The molecule has 0 aliphatic carbocycles. The van der Waals surface area contributed by atoms with Crippen LogP contribution >= 0.6 is 0 Å². The van der Waals surface area contributed by atoms with Crippen LogP contribution in [0.3, 0.4) is 0 Å². The van der Waals surface area contributed by atoms with Crippen LogP contribution in [0.4, 0.5) is 5.95 Å². The Bertz CT molecular complexity index is 741. The number of ether oxygens (including phenoxy) is 1. The minimum atomic E-state index is 0.492. The summed E-state index contributed by atoms with van der Waals surface area (Å²) < 4.78 is 6.96. The molecule has 7 nitrogen and oxygen atoms in total. The average Bonchev–Trinajstić information content (AvgIpc) is 3.09. The normalized spacial score (nSPS) is 10.4. The summed E-state index contributed by atoms with van der Waals surface area (Å²) in [5, 5.41) is 2.94. The zero-order chi connectivity index (χ0) is 14.7. The number of hydrogen-bond acceptors (Lipinski definition) is 6. The number of benzene rings is 1. The zero-order valence-electron chi connectivity index (χ0n) is 11.7. The molecule has 0 spiro atoms. The number of hydrogen-bond donors (Lipinski definition) is 1. The Kier molecular flexibility index (Phi) is 3.46. The molecule has 2 aromatic heterocycles. The Morgan fingerprint density at radius 2 is 2.10 bits per heavy atom. The highest BCUT2D eigenvalue weighted by molar-refractivity contribution is 5.59. The van der Waals surface area contributed by atoms with Crippen molar-refractivity contribution >= 4 is 5.95 Å². The molecule has 106 valence electrons. The molecule has 0 bridgehead atoms. The average molecular weight is 282 g/mol. The van der Waals surface area contributed by atoms with Crippen LogP contribution in [-0.4, -0.2) is 38.7 Å². The van der Waals surface area contributed by atoms with E-state index in [4.69, 9.17) is 4.74 Å². The number of nitrogens with zero attached hydrogens (tertiary/aromatic N) is 5. The minimum absolute atomic E-state index is 0.492. The molecule has 0 fully saturated rings. The molecule has 1 aromatic carbocycles. The lowest BCUT2D eigenvalue weighted by Gasteiger charge is -2.08. The zero-order valence-corrected chi connectivity index (χ0v) is 11.7. The number of rotatable bonds is 4. The maximum Gasteiger partial charge on any atom is 0.240 e. The summed E-state index contributed by atoms with van der Waals surface area (Å²) in [6, 6.07) is 7.58. The van der Waals surface area contributed by atoms with Crippen LogP contribution in [0.1, 0.15) is 0 Å². The first-order chi connectivity index (χ1) is 10.3. The predicted molar refractivity (Wildman–Crippen MR) is 78.5 cm³/mol. The van der Waals surface area contributed by atoms with Crippen molar-refractivity contribution in [2.75, 3.05) is 19.5 Å². The standard InChI is InChI=1S/C14H14N6O/c1-15-13-17-12(10-4-3-5-11(8-10)21-2)18-14(19-13)20-7-6-16-9-20/h3-9H,1-2H3,(H,15,17,18,19). The molecular formula is C14H14N6O. The van der Waals surface area contributed by atoms with Crippen molar-refractivity contribution in [3.63, 3.8) is 0 Å². The molecule has 3 aromatic rings. The lowest BCUT2D eigenvalue weighted by atomic mass is 10.2. The lowest BCUT2D eigenvalue weighted by molar-refractivity contribution is 0.415. The molecule has 7 heteroatoms.